The minimum atomic E-state index is -0.180. The van der Waals surface area contributed by atoms with E-state index in [4.69, 9.17) is 0 Å². The van der Waals surface area contributed by atoms with Crippen molar-refractivity contribution in [2.24, 2.45) is 17.8 Å². The summed E-state index contributed by atoms with van der Waals surface area (Å²) in [6, 6.07) is -0.180. The molecule has 0 radical (unpaired) electrons. The van der Waals surface area contributed by atoms with Crippen LogP contribution in [0.2, 0.25) is 0 Å². The van der Waals surface area contributed by atoms with Gasteiger partial charge in [0.05, 0.1) is 12.6 Å². The first-order chi connectivity index (χ1) is 9.67. The summed E-state index contributed by atoms with van der Waals surface area (Å²) in [7, 11) is 0. The van der Waals surface area contributed by atoms with Crippen molar-refractivity contribution in [3.8, 4) is 0 Å². The largest absolute Gasteiger partial charge is 0.396 e. The van der Waals surface area contributed by atoms with Gasteiger partial charge in [-0.2, -0.15) is 0 Å². The SMILES string of the molecule is CC1CCCCC1CC(=O)N1CCC[C@@H](CO)[C@H]1CO. The van der Waals surface area contributed by atoms with Crippen molar-refractivity contribution in [3.05, 3.63) is 0 Å². The summed E-state index contributed by atoms with van der Waals surface area (Å²) in [5.74, 6) is 1.37. The Balaban J connectivity index is 1.96. The number of aliphatic hydroxyl groups excluding tert-OH is 2. The van der Waals surface area contributed by atoms with Gasteiger partial charge in [0.15, 0.2) is 0 Å². The number of piperidine rings is 1. The lowest BCUT2D eigenvalue weighted by Gasteiger charge is -2.41. The van der Waals surface area contributed by atoms with Crippen LogP contribution in [0.1, 0.15) is 51.9 Å². The van der Waals surface area contributed by atoms with E-state index in [9.17, 15) is 15.0 Å². The number of rotatable bonds is 4. The smallest absolute Gasteiger partial charge is 0.223 e. The molecule has 1 aliphatic carbocycles. The first-order valence-electron chi connectivity index (χ1n) is 8.18. The Morgan fingerprint density at radius 3 is 2.40 bits per heavy atom. The predicted octanol–water partition coefficient (Wildman–Crippen LogP) is 1.79. The summed E-state index contributed by atoms with van der Waals surface area (Å²) in [4.78, 5) is 14.4. The highest BCUT2D eigenvalue weighted by Crippen LogP contribution is 2.33. The highest BCUT2D eigenvalue weighted by Gasteiger charge is 2.35. The van der Waals surface area contributed by atoms with Gasteiger partial charge in [-0.15, -0.1) is 0 Å². The molecule has 4 atom stereocenters. The fourth-order valence-electron chi connectivity index (χ4n) is 3.94. The molecular weight excluding hydrogens is 254 g/mol. The van der Waals surface area contributed by atoms with E-state index >= 15 is 0 Å². The maximum atomic E-state index is 12.6. The van der Waals surface area contributed by atoms with Crippen molar-refractivity contribution in [1.82, 2.24) is 4.90 Å². The maximum Gasteiger partial charge on any atom is 0.223 e. The van der Waals surface area contributed by atoms with Gasteiger partial charge in [0.2, 0.25) is 5.91 Å². The van der Waals surface area contributed by atoms with Gasteiger partial charge in [0.25, 0.3) is 0 Å². The van der Waals surface area contributed by atoms with Crippen LogP contribution in [-0.2, 0) is 4.79 Å². The van der Waals surface area contributed by atoms with Gasteiger partial charge in [-0.25, -0.2) is 0 Å². The Morgan fingerprint density at radius 1 is 1.05 bits per heavy atom. The molecule has 0 aromatic carbocycles. The topological polar surface area (TPSA) is 60.8 Å². The van der Waals surface area contributed by atoms with Crippen molar-refractivity contribution in [3.63, 3.8) is 0 Å². The molecule has 2 unspecified atom stereocenters. The molecule has 1 amide bonds. The van der Waals surface area contributed by atoms with E-state index in [1.165, 1.54) is 19.3 Å². The zero-order valence-electron chi connectivity index (χ0n) is 12.6. The number of aliphatic hydroxyl groups is 2. The average Bonchev–Trinajstić information content (AvgIpc) is 2.48. The lowest BCUT2D eigenvalue weighted by atomic mass is 9.78. The van der Waals surface area contributed by atoms with Crippen LogP contribution in [0.5, 0.6) is 0 Å². The van der Waals surface area contributed by atoms with E-state index in [0.29, 0.717) is 18.3 Å². The van der Waals surface area contributed by atoms with E-state index in [-0.39, 0.29) is 31.1 Å². The fraction of sp³-hybridized carbons (Fsp3) is 0.938. The second-order valence-electron chi connectivity index (χ2n) is 6.65. The average molecular weight is 283 g/mol. The van der Waals surface area contributed by atoms with Gasteiger partial charge in [-0.3, -0.25) is 4.79 Å². The summed E-state index contributed by atoms with van der Waals surface area (Å²) < 4.78 is 0. The third kappa shape index (κ3) is 3.53. The van der Waals surface area contributed by atoms with Gasteiger partial charge >= 0.3 is 0 Å². The molecule has 0 spiro atoms. The quantitative estimate of drug-likeness (QED) is 0.827. The summed E-state index contributed by atoms with van der Waals surface area (Å²) in [6.45, 7) is 3.03. The van der Waals surface area contributed by atoms with Gasteiger partial charge in [0.1, 0.15) is 0 Å². The number of carbonyl (C=O) groups is 1. The third-order valence-corrected chi connectivity index (χ3v) is 5.39. The first kappa shape index (κ1) is 15.8. The highest BCUT2D eigenvalue weighted by atomic mass is 16.3. The molecular formula is C16H29NO3. The Morgan fingerprint density at radius 2 is 1.75 bits per heavy atom. The van der Waals surface area contributed by atoms with Crippen molar-refractivity contribution in [1.29, 1.82) is 0 Å². The third-order valence-electron chi connectivity index (χ3n) is 5.39. The van der Waals surface area contributed by atoms with Crippen molar-refractivity contribution < 1.29 is 15.0 Å². The molecule has 2 rings (SSSR count). The van der Waals surface area contributed by atoms with Crippen molar-refractivity contribution in [2.45, 2.75) is 57.9 Å². The van der Waals surface area contributed by atoms with E-state index < -0.39 is 0 Å². The number of nitrogens with zero attached hydrogens (tertiary/aromatic N) is 1. The van der Waals surface area contributed by atoms with Gasteiger partial charge < -0.3 is 15.1 Å². The lowest BCUT2D eigenvalue weighted by Crippen LogP contribution is -2.51. The van der Waals surface area contributed by atoms with E-state index in [1.807, 2.05) is 4.90 Å². The Labute approximate surface area is 122 Å². The van der Waals surface area contributed by atoms with Crippen LogP contribution in [-0.4, -0.2) is 46.8 Å². The number of likely N-dealkylation sites (tertiary alicyclic amines) is 1. The summed E-state index contributed by atoms with van der Waals surface area (Å²) >= 11 is 0. The van der Waals surface area contributed by atoms with Crippen LogP contribution >= 0.6 is 0 Å². The van der Waals surface area contributed by atoms with Crippen LogP contribution in [0.25, 0.3) is 0 Å². The molecule has 20 heavy (non-hydrogen) atoms. The Kier molecular flexibility index (Phi) is 5.85. The number of carbonyl (C=O) groups excluding carboxylic acids is 1. The molecule has 0 aromatic rings. The van der Waals surface area contributed by atoms with Crippen LogP contribution in [0.4, 0.5) is 0 Å². The molecule has 4 nitrogen and oxygen atoms in total. The monoisotopic (exact) mass is 283 g/mol. The zero-order chi connectivity index (χ0) is 14.5. The summed E-state index contributed by atoms with van der Waals surface area (Å²) in [5, 5.41) is 19.0. The fourth-order valence-corrected chi connectivity index (χ4v) is 3.94. The van der Waals surface area contributed by atoms with Crippen molar-refractivity contribution in [2.75, 3.05) is 19.8 Å². The summed E-state index contributed by atoms with van der Waals surface area (Å²) in [5.41, 5.74) is 0. The minimum Gasteiger partial charge on any atom is -0.396 e. The van der Waals surface area contributed by atoms with Crippen LogP contribution < -0.4 is 0 Å². The highest BCUT2D eigenvalue weighted by molar-refractivity contribution is 5.77. The molecule has 0 aromatic heterocycles. The van der Waals surface area contributed by atoms with Crippen LogP contribution in [0.15, 0.2) is 0 Å². The molecule has 2 N–H and O–H groups in total. The molecule has 4 heteroatoms. The number of hydrogen-bond donors (Lipinski definition) is 2. The molecule has 116 valence electrons. The molecule has 0 bridgehead atoms. The second kappa shape index (κ2) is 7.41. The first-order valence-corrected chi connectivity index (χ1v) is 8.18. The molecule has 1 saturated heterocycles. The van der Waals surface area contributed by atoms with E-state index in [0.717, 1.165) is 25.8 Å². The van der Waals surface area contributed by atoms with Gasteiger partial charge in [-0.05, 0) is 31.1 Å². The molecule has 1 heterocycles. The second-order valence-corrected chi connectivity index (χ2v) is 6.65. The predicted molar refractivity (Wildman–Crippen MR) is 78.1 cm³/mol. The van der Waals surface area contributed by atoms with Crippen molar-refractivity contribution >= 4 is 5.91 Å². The minimum absolute atomic E-state index is 0.0306. The maximum absolute atomic E-state index is 12.6. The zero-order valence-corrected chi connectivity index (χ0v) is 12.6. The van der Waals surface area contributed by atoms with Gasteiger partial charge in [0, 0.05) is 25.5 Å². The summed E-state index contributed by atoms with van der Waals surface area (Å²) in [6.07, 6.45) is 7.40. The Hall–Kier alpha value is -0.610. The molecule has 1 aliphatic heterocycles. The Bertz CT molecular complexity index is 321. The van der Waals surface area contributed by atoms with E-state index in [1.54, 1.807) is 0 Å². The normalized spacial score (nSPS) is 35.0. The number of hydrogen-bond acceptors (Lipinski definition) is 3. The number of amides is 1. The van der Waals surface area contributed by atoms with Crippen LogP contribution in [0, 0.1) is 17.8 Å². The lowest BCUT2D eigenvalue weighted by molar-refractivity contribution is -0.140. The molecule has 1 saturated carbocycles. The molecule has 2 aliphatic rings. The van der Waals surface area contributed by atoms with Gasteiger partial charge in [-0.1, -0.05) is 26.2 Å². The molecule has 2 fully saturated rings. The van der Waals surface area contributed by atoms with Crippen LogP contribution in [0.3, 0.4) is 0 Å². The standard InChI is InChI=1S/C16H29NO3/c1-12-5-2-3-6-13(12)9-16(20)17-8-4-7-14(10-18)15(17)11-19/h12-15,18-19H,2-11H2,1H3/t12?,13?,14-,15+/m0/s1. The van der Waals surface area contributed by atoms with E-state index in [2.05, 4.69) is 6.92 Å².